The maximum Gasteiger partial charge on any atom is 0.409 e. The number of nitrogens with one attached hydrogen (secondary N) is 2. The minimum absolute atomic E-state index is 0.00421. The van der Waals surface area contributed by atoms with E-state index in [1.54, 1.807) is 28.3 Å². The van der Waals surface area contributed by atoms with Crippen molar-refractivity contribution in [1.82, 2.24) is 15.5 Å². The van der Waals surface area contributed by atoms with Crippen molar-refractivity contribution in [2.24, 2.45) is 0 Å². The Hall–Kier alpha value is -3.38. The summed E-state index contributed by atoms with van der Waals surface area (Å²) >= 11 is 0. The van der Waals surface area contributed by atoms with Crippen LogP contribution < -0.4 is 25.0 Å². The fourth-order valence-electron chi connectivity index (χ4n) is 6.38. The summed E-state index contributed by atoms with van der Waals surface area (Å²) in [6.07, 6.45) is 1.55. The summed E-state index contributed by atoms with van der Waals surface area (Å²) in [5.74, 6) is 1.63. The van der Waals surface area contributed by atoms with Gasteiger partial charge in [0.25, 0.3) is 0 Å². The van der Waals surface area contributed by atoms with E-state index in [9.17, 15) is 9.59 Å². The van der Waals surface area contributed by atoms with Gasteiger partial charge in [-0.25, -0.2) is 4.79 Å². The standard InChI is InChI=1S/C33H46N4O7/c1-21(44-33(39)36(2)3)16-24-18-26(23-7-9-25(40-4)10-8-23)30(19-35-24)43-20-22-6-11-28-27(17-22)37(14-15-42-28)32(38)31-29(41-5)12-13-34-31/h6-11,17,21,24,26,29-31,34-35H,12-16,18-20H2,1-5H3/t21-,24+,26-,29?,30+,31+/m1/s1. The van der Waals surface area contributed by atoms with Crippen LogP contribution in [0, 0.1) is 0 Å². The molecule has 0 aliphatic carbocycles. The Morgan fingerprint density at radius 2 is 1.89 bits per heavy atom. The van der Waals surface area contributed by atoms with Crippen LogP contribution in [-0.4, -0.2) is 102 Å². The Morgan fingerprint density at radius 3 is 2.61 bits per heavy atom. The number of rotatable bonds is 10. The molecule has 3 heterocycles. The molecule has 6 atom stereocenters. The van der Waals surface area contributed by atoms with Crippen molar-refractivity contribution in [2.75, 3.05) is 59.5 Å². The third-order valence-corrected chi connectivity index (χ3v) is 8.77. The van der Waals surface area contributed by atoms with E-state index in [-0.39, 0.29) is 48.3 Å². The van der Waals surface area contributed by atoms with Crippen LogP contribution in [0.1, 0.15) is 43.2 Å². The number of hydrogen-bond donors (Lipinski definition) is 2. The van der Waals surface area contributed by atoms with E-state index in [0.717, 1.165) is 36.4 Å². The number of amides is 2. The number of nitrogens with zero attached hydrogens (tertiary/aromatic N) is 2. The smallest absolute Gasteiger partial charge is 0.409 e. The van der Waals surface area contributed by atoms with Crippen molar-refractivity contribution in [3.8, 4) is 11.5 Å². The van der Waals surface area contributed by atoms with Crippen LogP contribution in [0.2, 0.25) is 0 Å². The molecule has 11 heteroatoms. The fourth-order valence-corrected chi connectivity index (χ4v) is 6.38. The van der Waals surface area contributed by atoms with Gasteiger partial charge in [-0.2, -0.15) is 0 Å². The van der Waals surface area contributed by atoms with Crippen molar-refractivity contribution in [3.05, 3.63) is 53.6 Å². The molecule has 2 aromatic carbocycles. The van der Waals surface area contributed by atoms with Crippen molar-refractivity contribution >= 4 is 17.7 Å². The molecule has 44 heavy (non-hydrogen) atoms. The predicted octanol–water partition coefficient (Wildman–Crippen LogP) is 3.31. The molecule has 11 nitrogen and oxygen atoms in total. The molecule has 2 amide bonds. The molecular weight excluding hydrogens is 564 g/mol. The van der Waals surface area contributed by atoms with Gasteiger partial charge in [0, 0.05) is 39.7 Å². The molecular formula is C33H46N4O7. The molecule has 1 unspecified atom stereocenters. The maximum absolute atomic E-state index is 13.5. The normalized spacial score (nSPS) is 25.5. The highest BCUT2D eigenvalue weighted by atomic mass is 16.6. The van der Waals surface area contributed by atoms with Crippen molar-refractivity contribution in [2.45, 2.75) is 69.1 Å². The Kier molecular flexibility index (Phi) is 10.6. The minimum Gasteiger partial charge on any atom is -0.497 e. The number of anilines is 1. The van der Waals surface area contributed by atoms with E-state index in [4.69, 9.17) is 23.7 Å². The maximum atomic E-state index is 13.5. The van der Waals surface area contributed by atoms with Crippen molar-refractivity contribution < 1.29 is 33.3 Å². The second-order valence-electron chi connectivity index (χ2n) is 12.0. The molecule has 2 aromatic rings. The molecule has 3 aliphatic heterocycles. The first-order chi connectivity index (χ1) is 21.3. The SMILES string of the molecule is COc1ccc([C@H]2C[C@H](C[C@@H](C)OC(=O)N(C)C)NC[C@@H]2OCc2ccc3c(c2)N(C(=O)[C@H]2NCCC2OC)CCO3)cc1. The predicted molar refractivity (Wildman–Crippen MR) is 166 cm³/mol. The average molecular weight is 611 g/mol. The monoisotopic (exact) mass is 610 g/mol. The van der Waals surface area contributed by atoms with E-state index in [0.29, 0.717) is 38.5 Å². The molecule has 240 valence electrons. The summed E-state index contributed by atoms with van der Waals surface area (Å²) in [6, 6.07) is 13.9. The van der Waals surface area contributed by atoms with Gasteiger partial charge in [0.15, 0.2) is 0 Å². The average Bonchev–Trinajstić information content (AvgIpc) is 3.52. The summed E-state index contributed by atoms with van der Waals surface area (Å²) in [5.41, 5.74) is 2.91. The van der Waals surface area contributed by atoms with Gasteiger partial charge in [-0.15, -0.1) is 0 Å². The van der Waals surface area contributed by atoms with Gasteiger partial charge >= 0.3 is 6.09 Å². The lowest BCUT2D eigenvalue weighted by molar-refractivity contribution is -0.123. The minimum atomic E-state index is -0.369. The zero-order valence-electron chi connectivity index (χ0n) is 26.4. The zero-order valence-corrected chi connectivity index (χ0v) is 26.4. The van der Waals surface area contributed by atoms with E-state index in [2.05, 4.69) is 22.8 Å². The van der Waals surface area contributed by atoms with Crippen LogP contribution in [0.25, 0.3) is 0 Å². The summed E-state index contributed by atoms with van der Waals surface area (Å²) in [4.78, 5) is 28.9. The van der Waals surface area contributed by atoms with E-state index in [1.165, 1.54) is 10.5 Å². The highest BCUT2D eigenvalue weighted by Gasteiger charge is 2.38. The van der Waals surface area contributed by atoms with Gasteiger partial charge in [0.1, 0.15) is 30.3 Å². The van der Waals surface area contributed by atoms with Gasteiger partial charge in [-0.1, -0.05) is 18.2 Å². The number of hydrogen-bond acceptors (Lipinski definition) is 9. The highest BCUT2D eigenvalue weighted by molar-refractivity contribution is 5.99. The van der Waals surface area contributed by atoms with Gasteiger partial charge < -0.3 is 44.1 Å². The first-order valence-corrected chi connectivity index (χ1v) is 15.5. The lowest BCUT2D eigenvalue weighted by atomic mass is 9.82. The number of carbonyl (C=O) groups excluding carboxylic acids is 2. The van der Waals surface area contributed by atoms with Crippen LogP contribution in [0.15, 0.2) is 42.5 Å². The summed E-state index contributed by atoms with van der Waals surface area (Å²) in [6.45, 7) is 4.66. The fraction of sp³-hybridized carbons (Fsp3) is 0.576. The van der Waals surface area contributed by atoms with Crippen LogP contribution in [0.4, 0.5) is 10.5 Å². The van der Waals surface area contributed by atoms with Crippen LogP contribution in [0.3, 0.4) is 0 Å². The van der Waals surface area contributed by atoms with Crippen LogP contribution in [0.5, 0.6) is 11.5 Å². The number of carbonyl (C=O) groups is 2. The largest absolute Gasteiger partial charge is 0.497 e. The topological polar surface area (TPSA) is 111 Å². The van der Waals surface area contributed by atoms with Crippen molar-refractivity contribution in [3.63, 3.8) is 0 Å². The first kappa shape index (κ1) is 32.0. The highest BCUT2D eigenvalue weighted by Crippen LogP contribution is 2.36. The number of methoxy groups -OCH3 is 2. The Balaban J connectivity index is 1.28. The van der Waals surface area contributed by atoms with Crippen LogP contribution in [-0.2, 0) is 25.6 Å². The molecule has 5 rings (SSSR count). The second-order valence-corrected chi connectivity index (χ2v) is 12.0. The van der Waals surface area contributed by atoms with Gasteiger partial charge in [-0.05, 0) is 68.1 Å². The zero-order chi connectivity index (χ0) is 31.2. The third-order valence-electron chi connectivity index (χ3n) is 8.77. The summed E-state index contributed by atoms with van der Waals surface area (Å²) in [7, 11) is 6.69. The van der Waals surface area contributed by atoms with E-state index >= 15 is 0 Å². The third kappa shape index (κ3) is 7.46. The Labute approximate surface area is 260 Å². The second kappa shape index (κ2) is 14.6. The summed E-state index contributed by atoms with van der Waals surface area (Å²) < 4.78 is 29.0. The molecule has 0 bridgehead atoms. The lowest BCUT2D eigenvalue weighted by Crippen LogP contribution is -2.51. The van der Waals surface area contributed by atoms with Gasteiger partial charge in [-0.3, -0.25) is 4.79 Å². The Morgan fingerprint density at radius 1 is 1.09 bits per heavy atom. The first-order valence-electron chi connectivity index (χ1n) is 15.5. The lowest BCUT2D eigenvalue weighted by Gasteiger charge is -2.38. The van der Waals surface area contributed by atoms with Crippen molar-refractivity contribution in [1.29, 1.82) is 0 Å². The number of piperidine rings is 1. The molecule has 0 aromatic heterocycles. The molecule has 2 saturated heterocycles. The molecule has 2 fully saturated rings. The molecule has 0 saturated carbocycles. The number of ether oxygens (including phenoxy) is 5. The van der Waals surface area contributed by atoms with Crippen LogP contribution >= 0.6 is 0 Å². The number of benzene rings is 2. The van der Waals surface area contributed by atoms with Gasteiger partial charge in [0.05, 0.1) is 38.2 Å². The molecule has 3 aliphatic rings. The van der Waals surface area contributed by atoms with E-state index < -0.39 is 0 Å². The number of fused-ring (bicyclic) bond motifs is 1. The van der Waals surface area contributed by atoms with E-state index in [1.807, 2.05) is 42.2 Å². The molecule has 0 radical (unpaired) electrons. The Bertz CT molecular complexity index is 1270. The quantitative estimate of drug-likeness (QED) is 0.419. The van der Waals surface area contributed by atoms with Gasteiger partial charge in [0.2, 0.25) is 5.91 Å². The molecule has 2 N–H and O–H groups in total. The molecule has 0 spiro atoms. The summed E-state index contributed by atoms with van der Waals surface area (Å²) in [5, 5.41) is 6.93.